The van der Waals surface area contributed by atoms with Crippen molar-refractivity contribution in [1.82, 2.24) is 4.57 Å². The Bertz CT molecular complexity index is 2830. The fraction of sp³-hybridized carbons (Fsp3) is 0.0417. The van der Waals surface area contributed by atoms with Gasteiger partial charge in [-0.3, -0.25) is 0 Å². The van der Waals surface area contributed by atoms with Gasteiger partial charge < -0.3 is 9.47 Å². The van der Waals surface area contributed by atoms with Crippen LogP contribution in [0.25, 0.3) is 70.9 Å². The van der Waals surface area contributed by atoms with Gasteiger partial charge in [-0.05, 0) is 91.5 Å². The van der Waals surface area contributed by atoms with Crippen molar-refractivity contribution in [3.8, 4) is 16.8 Å². The molecule has 2 nitrogen and oxygen atoms in total. The predicted molar refractivity (Wildman–Crippen MR) is 212 cm³/mol. The fourth-order valence-corrected chi connectivity index (χ4v) is 8.96. The van der Waals surface area contributed by atoms with E-state index in [-0.39, 0.29) is 6.04 Å². The fourth-order valence-electron chi connectivity index (χ4n) is 8.96. The Labute approximate surface area is 290 Å². The van der Waals surface area contributed by atoms with Crippen molar-refractivity contribution in [2.45, 2.75) is 12.0 Å². The zero-order valence-electron chi connectivity index (χ0n) is 27.4. The molecular formula is C48H32N2. The van der Waals surface area contributed by atoms with Crippen molar-refractivity contribution in [2.24, 2.45) is 0 Å². The van der Waals surface area contributed by atoms with E-state index in [0.29, 0.717) is 5.92 Å². The molecule has 0 spiro atoms. The Morgan fingerprint density at radius 2 is 1.02 bits per heavy atom. The Morgan fingerprint density at radius 3 is 1.82 bits per heavy atom. The van der Waals surface area contributed by atoms with Crippen LogP contribution in [-0.2, 0) is 0 Å². The van der Waals surface area contributed by atoms with Crippen LogP contribution < -0.4 is 4.90 Å². The second-order valence-corrected chi connectivity index (χ2v) is 13.6. The second kappa shape index (κ2) is 10.6. The molecule has 2 atom stereocenters. The molecule has 9 aromatic rings. The Hall–Kier alpha value is -6.38. The summed E-state index contributed by atoms with van der Waals surface area (Å²) >= 11 is 0. The van der Waals surface area contributed by atoms with Crippen molar-refractivity contribution in [1.29, 1.82) is 0 Å². The summed E-state index contributed by atoms with van der Waals surface area (Å²) in [6.45, 7) is 0. The number of hydrogen-bond donors (Lipinski definition) is 0. The van der Waals surface area contributed by atoms with Gasteiger partial charge in [-0.1, -0.05) is 140 Å². The third-order valence-corrected chi connectivity index (χ3v) is 11.1. The standard InChI is InChI=1S/C48H32N2/c1-2-17-41-35(12-1)36-29-28-33(50-46-22-9-5-15-39(46)40-16-6-10-23-47(40)50)30-43(36)42-19-11-18-34(48(41)42)31-24-26-32(27-25-31)49-44-20-7-3-13-37(44)38-14-4-8-21-45(38)49/h1-30,39,46H. The molecule has 2 heterocycles. The summed E-state index contributed by atoms with van der Waals surface area (Å²) in [5.74, 6) is 0.359. The molecule has 11 rings (SSSR count). The van der Waals surface area contributed by atoms with Gasteiger partial charge in [-0.15, -0.1) is 0 Å². The lowest BCUT2D eigenvalue weighted by atomic mass is 9.89. The molecule has 0 radical (unpaired) electrons. The van der Waals surface area contributed by atoms with Crippen LogP contribution >= 0.6 is 0 Å². The van der Waals surface area contributed by atoms with E-state index in [1.54, 1.807) is 0 Å². The molecule has 0 N–H and O–H groups in total. The summed E-state index contributed by atoms with van der Waals surface area (Å²) in [4.78, 5) is 2.54. The molecule has 2 heteroatoms. The Morgan fingerprint density at radius 1 is 0.420 bits per heavy atom. The van der Waals surface area contributed by atoms with Crippen LogP contribution in [0, 0.1) is 0 Å². The number of anilines is 2. The molecule has 8 aromatic carbocycles. The first-order valence-electron chi connectivity index (χ1n) is 17.5. The van der Waals surface area contributed by atoms with E-state index in [1.807, 2.05) is 0 Å². The maximum Gasteiger partial charge on any atom is 0.0629 e. The van der Waals surface area contributed by atoms with E-state index in [1.165, 1.54) is 87.9 Å². The molecule has 0 saturated carbocycles. The van der Waals surface area contributed by atoms with E-state index >= 15 is 0 Å². The van der Waals surface area contributed by atoms with E-state index in [2.05, 4.69) is 191 Å². The first-order chi connectivity index (χ1) is 24.8. The Kier molecular flexibility index (Phi) is 5.82. The van der Waals surface area contributed by atoms with Gasteiger partial charge in [0.05, 0.1) is 17.1 Å². The lowest BCUT2D eigenvalue weighted by Gasteiger charge is -2.29. The normalized spacial score (nSPS) is 16.6. The molecule has 2 aliphatic rings. The van der Waals surface area contributed by atoms with Crippen LogP contribution in [0.1, 0.15) is 11.5 Å². The van der Waals surface area contributed by atoms with Crippen molar-refractivity contribution >= 4 is 65.5 Å². The lowest BCUT2D eigenvalue weighted by molar-refractivity contribution is 0.745. The van der Waals surface area contributed by atoms with E-state index in [4.69, 9.17) is 0 Å². The highest BCUT2D eigenvalue weighted by molar-refractivity contribution is 6.28. The average molecular weight is 637 g/mol. The summed E-state index contributed by atoms with van der Waals surface area (Å²) in [6, 6.07) is 58.6. The van der Waals surface area contributed by atoms with Gasteiger partial charge in [0, 0.05) is 33.8 Å². The molecule has 0 saturated heterocycles. The summed E-state index contributed by atoms with van der Waals surface area (Å²) in [7, 11) is 0. The lowest BCUT2D eigenvalue weighted by Crippen LogP contribution is -2.28. The summed E-state index contributed by atoms with van der Waals surface area (Å²) in [5.41, 5.74) is 10.0. The first-order valence-corrected chi connectivity index (χ1v) is 17.5. The van der Waals surface area contributed by atoms with Gasteiger partial charge in [0.2, 0.25) is 0 Å². The number of rotatable bonds is 3. The minimum absolute atomic E-state index is 0.269. The minimum Gasteiger partial charge on any atom is -0.333 e. The summed E-state index contributed by atoms with van der Waals surface area (Å²) in [6.07, 6.45) is 9.10. The molecular weight excluding hydrogens is 605 g/mol. The van der Waals surface area contributed by atoms with Crippen LogP contribution in [-0.4, -0.2) is 10.6 Å². The molecule has 234 valence electrons. The zero-order chi connectivity index (χ0) is 32.8. The highest BCUT2D eigenvalue weighted by Crippen LogP contribution is 2.49. The monoisotopic (exact) mass is 636 g/mol. The maximum absolute atomic E-state index is 2.54. The van der Waals surface area contributed by atoms with Crippen molar-refractivity contribution in [2.75, 3.05) is 4.90 Å². The highest BCUT2D eigenvalue weighted by Gasteiger charge is 2.37. The van der Waals surface area contributed by atoms with Crippen LogP contribution in [0.15, 0.2) is 182 Å². The topological polar surface area (TPSA) is 8.17 Å². The smallest absolute Gasteiger partial charge is 0.0629 e. The van der Waals surface area contributed by atoms with E-state index in [0.717, 1.165) is 0 Å². The third kappa shape index (κ3) is 3.85. The number of aromatic nitrogens is 1. The molecule has 50 heavy (non-hydrogen) atoms. The average Bonchev–Trinajstić information content (AvgIpc) is 3.71. The van der Waals surface area contributed by atoms with Gasteiger partial charge in [0.25, 0.3) is 0 Å². The number of benzene rings is 8. The first kappa shape index (κ1) is 27.6. The van der Waals surface area contributed by atoms with Crippen molar-refractivity contribution in [3.05, 3.63) is 188 Å². The van der Waals surface area contributed by atoms with E-state index < -0.39 is 0 Å². The molecule has 0 amide bonds. The highest BCUT2D eigenvalue weighted by atomic mass is 15.2. The number of para-hydroxylation sites is 3. The van der Waals surface area contributed by atoms with Gasteiger partial charge in [-0.2, -0.15) is 0 Å². The predicted octanol–water partition coefficient (Wildman–Crippen LogP) is 12.6. The summed E-state index contributed by atoms with van der Waals surface area (Å²) < 4.78 is 2.39. The quantitative estimate of drug-likeness (QED) is 0.175. The number of allylic oxidation sites excluding steroid dienone is 2. The van der Waals surface area contributed by atoms with Crippen molar-refractivity contribution in [3.63, 3.8) is 0 Å². The molecule has 1 aliphatic heterocycles. The Balaban J connectivity index is 1.11. The molecule has 0 bridgehead atoms. The van der Waals surface area contributed by atoms with Crippen LogP contribution in [0.2, 0.25) is 0 Å². The van der Waals surface area contributed by atoms with Crippen molar-refractivity contribution < 1.29 is 0 Å². The number of nitrogens with zero attached hydrogens (tertiary/aromatic N) is 2. The molecule has 1 aromatic heterocycles. The zero-order valence-corrected chi connectivity index (χ0v) is 27.4. The maximum atomic E-state index is 2.54. The third-order valence-electron chi connectivity index (χ3n) is 11.1. The van der Waals surface area contributed by atoms with Crippen LogP contribution in [0.3, 0.4) is 0 Å². The van der Waals surface area contributed by atoms with Crippen LogP contribution in [0.4, 0.5) is 11.4 Å². The molecule has 0 fully saturated rings. The number of hydrogen-bond acceptors (Lipinski definition) is 1. The van der Waals surface area contributed by atoms with Gasteiger partial charge in [-0.25, -0.2) is 0 Å². The van der Waals surface area contributed by atoms with Gasteiger partial charge in [0.15, 0.2) is 0 Å². The SMILES string of the molecule is C1=CC2c3ccccc3N(c3ccc4c5ccccc5c5c(-c6ccc(-n7c8ccccc8c8ccccc87)cc6)cccc5c4c3)C2C=C1. The van der Waals surface area contributed by atoms with Gasteiger partial charge in [0.1, 0.15) is 0 Å². The van der Waals surface area contributed by atoms with E-state index in [9.17, 15) is 0 Å². The second-order valence-electron chi connectivity index (χ2n) is 13.6. The number of fused-ring (bicyclic) bond motifs is 12. The largest absolute Gasteiger partial charge is 0.333 e. The minimum atomic E-state index is 0.269. The molecule has 1 aliphatic carbocycles. The molecule has 2 unspecified atom stereocenters. The van der Waals surface area contributed by atoms with Gasteiger partial charge >= 0.3 is 0 Å². The van der Waals surface area contributed by atoms with Crippen LogP contribution in [0.5, 0.6) is 0 Å². The summed E-state index contributed by atoms with van der Waals surface area (Å²) in [5, 5.41) is 10.3.